The van der Waals surface area contributed by atoms with Crippen LogP contribution in [0.1, 0.15) is 23.5 Å². The van der Waals surface area contributed by atoms with Gasteiger partial charge in [-0.15, -0.1) is 0 Å². The number of benzene rings is 3. The molecule has 1 aliphatic rings. The number of rotatable bonds is 8. The number of piperidine rings is 1. The number of nitrogens with zero attached hydrogens (tertiary/aromatic N) is 1. The van der Waals surface area contributed by atoms with Crippen molar-refractivity contribution in [1.82, 2.24) is 4.90 Å². The van der Waals surface area contributed by atoms with Crippen molar-refractivity contribution >= 4 is 51.7 Å². The van der Waals surface area contributed by atoms with Gasteiger partial charge in [-0.2, -0.15) is 0 Å². The first-order valence-electron chi connectivity index (χ1n) is 11.7. The second-order valence-corrected chi connectivity index (χ2v) is 11.2. The van der Waals surface area contributed by atoms with Crippen molar-refractivity contribution < 1.29 is 24.1 Å². The van der Waals surface area contributed by atoms with Crippen LogP contribution in [0.25, 0.3) is 10.8 Å². The van der Waals surface area contributed by atoms with Crippen LogP contribution in [0.15, 0.2) is 66.7 Å². The molecule has 0 saturated carbocycles. The summed E-state index contributed by atoms with van der Waals surface area (Å²) in [4.78, 5) is 14.2. The number of halogens is 3. The van der Waals surface area contributed by atoms with E-state index in [1.54, 1.807) is 4.90 Å². The van der Waals surface area contributed by atoms with Crippen molar-refractivity contribution in [2.24, 2.45) is 0 Å². The van der Waals surface area contributed by atoms with Crippen molar-refractivity contribution in [1.29, 1.82) is 0 Å². The normalized spacial score (nSPS) is 18.3. The monoisotopic (exact) mass is 551 g/mol. The molecular formula is C27H28Cl3NO5. The molecule has 3 aromatic rings. The second kappa shape index (κ2) is 12.3. The molecule has 1 N–H and O–H groups in total. The van der Waals surface area contributed by atoms with Crippen molar-refractivity contribution in [2.75, 3.05) is 32.9 Å². The highest BCUT2D eigenvalue weighted by Gasteiger charge is 2.35. The zero-order valence-corrected chi connectivity index (χ0v) is 21.9. The van der Waals surface area contributed by atoms with Crippen LogP contribution in [-0.2, 0) is 16.1 Å². The lowest BCUT2D eigenvalue weighted by molar-refractivity contribution is -0.0236. The lowest BCUT2D eigenvalue weighted by Gasteiger charge is -2.38. The first-order valence-corrected chi connectivity index (χ1v) is 12.9. The molecule has 0 aliphatic carbocycles. The molecule has 36 heavy (non-hydrogen) atoms. The second-order valence-electron chi connectivity index (χ2n) is 8.68. The number of carbonyl (C=O) groups is 1. The Balaban J connectivity index is 1.48. The predicted octanol–water partition coefficient (Wildman–Crippen LogP) is 6.09. The van der Waals surface area contributed by atoms with E-state index in [-0.39, 0.29) is 31.8 Å². The Kier molecular flexibility index (Phi) is 9.20. The minimum absolute atomic E-state index is 0.0424. The molecule has 3 aromatic carbocycles. The third-order valence-electron chi connectivity index (χ3n) is 6.12. The van der Waals surface area contributed by atoms with E-state index in [9.17, 15) is 4.79 Å². The average molecular weight is 553 g/mol. The maximum Gasteiger partial charge on any atom is 0.409 e. The highest BCUT2D eigenvalue weighted by Crippen LogP contribution is 2.33. The van der Waals surface area contributed by atoms with E-state index in [1.807, 2.05) is 36.4 Å². The van der Waals surface area contributed by atoms with Gasteiger partial charge in [0, 0.05) is 12.5 Å². The number of hydrogen-bond donors (Lipinski definition) is 1. The van der Waals surface area contributed by atoms with Gasteiger partial charge in [0.1, 0.15) is 19.0 Å². The van der Waals surface area contributed by atoms with Crippen LogP contribution >= 0.6 is 34.8 Å². The molecule has 2 atom stereocenters. The van der Waals surface area contributed by atoms with Gasteiger partial charge >= 0.3 is 6.09 Å². The zero-order valence-electron chi connectivity index (χ0n) is 19.6. The number of alkyl halides is 3. The summed E-state index contributed by atoms with van der Waals surface area (Å²) in [5, 5.41) is 11.3. The van der Waals surface area contributed by atoms with E-state index in [0.717, 1.165) is 16.5 Å². The lowest BCUT2D eigenvalue weighted by Crippen LogP contribution is -2.47. The molecule has 1 amide bonds. The first-order chi connectivity index (χ1) is 17.3. The summed E-state index contributed by atoms with van der Waals surface area (Å²) in [6.45, 7) is 1.11. The summed E-state index contributed by atoms with van der Waals surface area (Å²) in [5.74, 6) is 0.753. The first kappa shape index (κ1) is 26.8. The molecule has 1 fully saturated rings. The van der Waals surface area contributed by atoms with Gasteiger partial charge in [0.15, 0.2) is 0 Å². The molecule has 1 aliphatic heterocycles. The lowest BCUT2D eigenvalue weighted by atomic mass is 9.87. The van der Waals surface area contributed by atoms with Crippen LogP contribution in [0.4, 0.5) is 4.79 Å². The van der Waals surface area contributed by atoms with E-state index < -0.39 is 9.89 Å². The number of hydrogen-bond acceptors (Lipinski definition) is 5. The quantitative estimate of drug-likeness (QED) is 0.342. The molecule has 0 aromatic heterocycles. The summed E-state index contributed by atoms with van der Waals surface area (Å²) in [6, 6.07) is 22.2. The Morgan fingerprint density at radius 1 is 1.03 bits per heavy atom. The number of likely N-dealkylation sites (tertiary alicyclic amines) is 1. The Labute approximate surface area is 225 Å². The van der Waals surface area contributed by atoms with Crippen LogP contribution < -0.4 is 4.74 Å². The van der Waals surface area contributed by atoms with E-state index in [2.05, 4.69) is 30.3 Å². The fourth-order valence-electron chi connectivity index (χ4n) is 4.37. The third kappa shape index (κ3) is 7.40. The molecule has 6 nitrogen and oxygen atoms in total. The van der Waals surface area contributed by atoms with Crippen molar-refractivity contribution in [3.8, 4) is 5.75 Å². The Hall–Kier alpha value is -2.22. The van der Waals surface area contributed by atoms with Crippen molar-refractivity contribution in [3.05, 3.63) is 77.9 Å². The minimum atomic E-state index is -1.67. The number of carbonyl (C=O) groups excluding carboxylic acids is 1. The highest BCUT2D eigenvalue weighted by molar-refractivity contribution is 6.67. The molecule has 1 heterocycles. The molecule has 0 spiro atoms. The zero-order chi connectivity index (χ0) is 25.5. The van der Waals surface area contributed by atoms with Crippen LogP contribution in [-0.4, -0.2) is 58.9 Å². The van der Waals surface area contributed by atoms with E-state index >= 15 is 0 Å². The summed E-state index contributed by atoms with van der Waals surface area (Å²) < 4.78 is 15.4. The number of amides is 1. The molecule has 0 radical (unpaired) electrons. The predicted molar refractivity (Wildman–Crippen MR) is 142 cm³/mol. The molecule has 4 rings (SSSR count). The molecular weight excluding hydrogens is 525 g/mol. The van der Waals surface area contributed by atoms with Crippen LogP contribution in [0, 0.1) is 0 Å². The van der Waals surface area contributed by atoms with E-state index in [1.165, 1.54) is 5.39 Å². The molecule has 0 bridgehead atoms. The number of ether oxygens (including phenoxy) is 3. The summed E-state index contributed by atoms with van der Waals surface area (Å²) in [6.07, 6.45) is -0.121. The van der Waals surface area contributed by atoms with Gasteiger partial charge in [-0.05, 0) is 46.5 Å². The number of aliphatic hydroxyl groups is 1. The van der Waals surface area contributed by atoms with Crippen molar-refractivity contribution in [2.45, 2.75) is 28.8 Å². The fourth-order valence-corrected chi connectivity index (χ4v) is 4.54. The fraction of sp³-hybridized carbons (Fsp3) is 0.370. The number of fused-ring (bicyclic) bond motifs is 1. The topological polar surface area (TPSA) is 68.2 Å². The van der Waals surface area contributed by atoms with Crippen molar-refractivity contribution in [3.63, 3.8) is 0 Å². The largest absolute Gasteiger partial charge is 0.491 e. The number of aliphatic hydroxyl groups excluding tert-OH is 1. The standard InChI is InChI=1S/C27H28Cl3NO5/c28-27(29,30)18-36-26(33)31-12-11-24(21-7-9-23(10-8-21)34-14-13-32)25(16-31)35-17-19-5-6-20-3-1-2-4-22(20)15-19/h1-10,15,24-25,32H,11-14,16-18H2. The third-order valence-corrected chi connectivity index (χ3v) is 6.45. The van der Waals surface area contributed by atoms with Gasteiger partial charge in [0.05, 0.1) is 25.9 Å². The van der Waals surface area contributed by atoms with Crippen LogP contribution in [0.5, 0.6) is 5.75 Å². The molecule has 1 saturated heterocycles. The highest BCUT2D eigenvalue weighted by atomic mass is 35.6. The maximum atomic E-state index is 12.6. The molecule has 2 unspecified atom stereocenters. The smallest absolute Gasteiger partial charge is 0.409 e. The Morgan fingerprint density at radius 3 is 2.50 bits per heavy atom. The Morgan fingerprint density at radius 2 is 1.78 bits per heavy atom. The maximum absolute atomic E-state index is 12.6. The van der Waals surface area contributed by atoms with Gasteiger partial charge < -0.3 is 24.2 Å². The van der Waals surface area contributed by atoms with Gasteiger partial charge in [-0.1, -0.05) is 83.3 Å². The van der Waals surface area contributed by atoms with Gasteiger partial charge in [-0.25, -0.2) is 4.79 Å². The SMILES string of the molecule is O=C(OCC(Cl)(Cl)Cl)N1CCC(c2ccc(OCCO)cc2)C(OCc2ccc3ccccc3c2)C1. The molecule has 192 valence electrons. The summed E-state index contributed by atoms with van der Waals surface area (Å²) >= 11 is 17.2. The van der Waals surface area contributed by atoms with Gasteiger partial charge in [0.25, 0.3) is 0 Å². The average Bonchev–Trinajstić information content (AvgIpc) is 2.89. The van der Waals surface area contributed by atoms with E-state index in [4.69, 9.17) is 54.1 Å². The Bertz CT molecular complexity index is 1150. The van der Waals surface area contributed by atoms with E-state index in [0.29, 0.717) is 31.9 Å². The van der Waals surface area contributed by atoms with Gasteiger partial charge in [-0.3, -0.25) is 0 Å². The minimum Gasteiger partial charge on any atom is -0.491 e. The summed E-state index contributed by atoms with van der Waals surface area (Å²) in [5.41, 5.74) is 2.14. The van der Waals surface area contributed by atoms with Gasteiger partial charge in [0.2, 0.25) is 3.79 Å². The summed E-state index contributed by atoms with van der Waals surface area (Å²) in [7, 11) is 0. The molecule has 9 heteroatoms. The van der Waals surface area contributed by atoms with Crippen LogP contribution in [0.2, 0.25) is 0 Å². The van der Waals surface area contributed by atoms with Crippen LogP contribution in [0.3, 0.4) is 0 Å².